The second kappa shape index (κ2) is 22.5. The summed E-state index contributed by atoms with van der Waals surface area (Å²) in [6.45, 7) is 31.6. The number of amides is 2. The van der Waals surface area contributed by atoms with Gasteiger partial charge in [-0.15, -0.1) is 13.2 Å². The van der Waals surface area contributed by atoms with E-state index in [1.54, 1.807) is 58.5 Å². The zero-order valence-corrected chi connectivity index (χ0v) is 46.5. The highest BCUT2D eigenvalue weighted by atomic mass is 28.4. The predicted octanol–water partition coefficient (Wildman–Crippen LogP) is 7.84. The van der Waals surface area contributed by atoms with Gasteiger partial charge >= 0.3 is 0 Å². The smallest absolute Gasteiger partial charge is 0.259 e. The molecule has 2 saturated heterocycles. The summed E-state index contributed by atoms with van der Waals surface area (Å²) < 4.78 is 29.7. The Morgan fingerprint density at radius 2 is 1.05 bits per heavy atom. The molecule has 8 rings (SSSR count). The molecule has 74 heavy (non-hydrogen) atoms. The lowest BCUT2D eigenvalue weighted by atomic mass is 10.0. The maximum atomic E-state index is 13.4. The Morgan fingerprint density at radius 1 is 0.662 bits per heavy atom. The molecule has 2 fully saturated rings. The van der Waals surface area contributed by atoms with Crippen LogP contribution in [0.15, 0.2) is 111 Å². The van der Waals surface area contributed by atoms with E-state index in [4.69, 9.17) is 24.1 Å². The number of hydrogen-bond acceptors (Lipinski definition) is 15. The number of aliphatic hydroxyl groups excluding tert-OH is 2. The lowest BCUT2D eigenvalue weighted by molar-refractivity contribution is -0.0467. The summed E-state index contributed by atoms with van der Waals surface area (Å²) >= 11 is 0. The molecule has 2 amide bonds. The highest BCUT2D eigenvalue weighted by Crippen LogP contribution is 2.45. The summed E-state index contributed by atoms with van der Waals surface area (Å²) in [5, 5.41) is 19.9. The van der Waals surface area contributed by atoms with E-state index in [-0.39, 0.29) is 66.3 Å². The molecule has 0 radical (unpaired) electrons. The predicted molar refractivity (Wildman–Crippen MR) is 291 cm³/mol. The molecule has 4 aromatic heterocycles. The highest BCUT2D eigenvalue weighted by Gasteiger charge is 2.51. The van der Waals surface area contributed by atoms with Gasteiger partial charge in [0.15, 0.2) is 63.1 Å². The number of carbonyl (C=O) groups excluding carboxylic acids is 2. The fourth-order valence-corrected chi connectivity index (χ4v) is 11.1. The quantitative estimate of drug-likeness (QED) is 0.0619. The number of ether oxygens (including phenoxy) is 2. The van der Waals surface area contributed by atoms with Crippen LogP contribution >= 0.6 is 0 Å². The van der Waals surface area contributed by atoms with E-state index in [9.17, 15) is 19.8 Å². The Morgan fingerprint density at radius 3 is 1.45 bits per heavy atom. The first-order valence-corrected chi connectivity index (χ1v) is 30.8. The molecular weight excluding hydrogens is 975 g/mol. The van der Waals surface area contributed by atoms with Crippen molar-refractivity contribution in [3.63, 3.8) is 0 Å². The summed E-state index contributed by atoms with van der Waals surface area (Å²) in [5.74, 6) is 0.276. The van der Waals surface area contributed by atoms with E-state index < -0.39 is 47.3 Å². The van der Waals surface area contributed by atoms with Gasteiger partial charge in [0.1, 0.15) is 24.9 Å². The number of hydrogen-bond donors (Lipinski definition) is 3. The van der Waals surface area contributed by atoms with Crippen LogP contribution in [0.4, 0.5) is 11.6 Å². The normalized spacial score (nSPS) is 22.4. The molecule has 21 heteroatoms. The minimum atomic E-state index is -2.24. The third-order valence-corrected chi connectivity index (χ3v) is 23.8. The summed E-state index contributed by atoms with van der Waals surface area (Å²) in [7, 11) is -4.40. The van der Waals surface area contributed by atoms with Crippen LogP contribution in [0.2, 0.25) is 36.3 Å². The van der Waals surface area contributed by atoms with Gasteiger partial charge in [0.2, 0.25) is 0 Å². The molecule has 0 saturated carbocycles. The van der Waals surface area contributed by atoms with Crippen LogP contribution < -0.4 is 15.5 Å². The second-order valence-corrected chi connectivity index (χ2v) is 31.3. The molecule has 396 valence electrons. The van der Waals surface area contributed by atoms with Crippen LogP contribution in [0.3, 0.4) is 0 Å². The van der Waals surface area contributed by atoms with Crippen LogP contribution in [-0.2, 0) is 18.3 Å². The van der Waals surface area contributed by atoms with Crippen LogP contribution in [0, 0.1) is 5.92 Å². The first kappa shape index (κ1) is 55.9. The van der Waals surface area contributed by atoms with Gasteiger partial charge in [-0.1, -0.05) is 97.0 Å². The lowest BCUT2D eigenvalue weighted by Gasteiger charge is -2.40. The number of imidazole rings is 2. The van der Waals surface area contributed by atoms with Gasteiger partial charge in [-0.25, -0.2) is 29.9 Å². The molecule has 6 aromatic rings. The molecule has 19 nitrogen and oxygen atoms in total. The molecule has 0 spiro atoms. The Hall–Kier alpha value is -5.89. The molecule has 8 atom stereocenters. The number of rotatable bonds is 16. The first-order valence-electron chi connectivity index (χ1n) is 24.9. The largest absolute Gasteiger partial charge is 0.409 e. The second-order valence-electron chi connectivity index (χ2n) is 21.8. The van der Waals surface area contributed by atoms with E-state index in [2.05, 4.69) is 111 Å². The third-order valence-electron chi connectivity index (χ3n) is 14.8. The van der Waals surface area contributed by atoms with E-state index in [1.165, 1.54) is 17.6 Å². The molecule has 0 unspecified atom stereocenters. The van der Waals surface area contributed by atoms with Crippen molar-refractivity contribution in [1.29, 1.82) is 0 Å². The Bertz CT molecular complexity index is 2710. The maximum Gasteiger partial charge on any atom is 0.259 e. The molecular formula is C53H73N11O8Si2. The molecule has 2 aliphatic heterocycles. The lowest BCUT2D eigenvalue weighted by Crippen LogP contribution is -2.51. The first-order chi connectivity index (χ1) is 35.0. The molecule has 2 aliphatic rings. The van der Waals surface area contributed by atoms with Crippen LogP contribution in [-0.4, -0.2) is 134 Å². The SMILES string of the molecule is C=CCN(C(=O)c1ccccc1)c1ncnc2c1ncn2[C@@H]1O[C@H](CO)[C@@H](C)[C@H]1O[Si](C)(C)C(C)(C)C.C=CCN(C(=O)c1ccccc1)c1ncnc2c1ncn2[C@@H]1O[C@H](CO)[C@@H](N)[C@H]1O[Si](C)(C)C(C)(C)C. The summed E-state index contributed by atoms with van der Waals surface area (Å²) in [6, 6.07) is 17.5. The van der Waals surface area contributed by atoms with Gasteiger partial charge in [-0.3, -0.25) is 28.5 Å². The molecule has 4 N–H and O–H groups in total. The number of benzene rings is 2. The van der Waals surface area contributed by atoms with Crippen molar-refractivity contribution in [3.8, 4) is 0 Å². The van der Waals surface area contributed by atoms with Crippen molar-refractivity contribution in [2.75, 3.05) is 36.1 Å². The third kappa shape index (κ3) is 11.2. The number of nitrogens with two attached hydrogens (primary N) is 1. The molecule has 0 bridgehead atoms. The number of nitrogens with zero attached hydrogens (tertiary/aromatic N) is 10. The fraction of sp³-hybridized carbons (Fsp3) is 0.472. The van der Waals surface area contributed by atoms with Gasteiger partial charge < -0.3 is 34.3 Å². The minimum Gasteiger partial charge on any atom is -0.409 e. The van der Waals surface area contributed by atoms with E-state index in [1.807, 2.05) is 47.9 Å². The molecule has 2 aromatic carbocycles. The fourth-order valence-electron chi connectivity index (χ4n) is 8.47. The number of carbonyl (C=O) groups is 2. The van der Waals surface area contributed by atoms with Crippen LogP contribution in [0.25, 0.3) is 22.3 Å². The molecule has 0 aliphatic carbocycles. The number of fused-ring (bicyclic) bond motifs is 2. The standard InChI is InChI=1S/C27H37N5O4Si.C26H36N6O4Si/c1-8-14-31(25(34)19-12-10-9-11-13-19)23-21-24(29-16-28-23)32(17-30-21)26-22(18(2)20(15-33)35-26)36-37(6,7)27(3,4)5;1-7-13-31(24(34)17-11-9-8-10-12-17)22-20-23(29-15-28-22)32(16-30-20)25-21(19(27)18(14-33)35-25)36-37(5,6)26(2,3)4/h8-13,16-18,20,22,26,33H,1,14-15H2,2-7H3;7-12,15-16,18-19,21,25,33H,1,13-14,27H2,2-6H3/t18-,20-,22-,26-;18-,19-,21-,25-/m11/s1. The summed E-state index contributed by atoms with van der Waals surface area (Å²) in [4.78, 5) is 56.9. The van der Waals surface area contributed by atoms with Gasteiger partial charge in [0.25, 0.3) is 11.8 Å². The van der Waals surface area contributed by atoms with E-state index in [0.29, 0.717) is 45.1 Å². The van der Waals surface area contributed by atoms with Crippen molar-refractivity contribution >= 4 is 62.4 Å². The van der Waals surface area contributed by atoms with Crippen molar-refractivity contribution in [3.05, 3.63) is 122 Å². The van der Waals surface area contributed by atoms with Crippen molar-refractivity contribution in [2.45, 2.75) is 128 Å². The number of aromatic nitrogens is 8. The number of anilines is 2. The zero-order chi connectivity index (χ0) is 53.9. The summed E-state index contributed by atoms with van der Waals surface area (Å²) in [6.07, 6.45) is 6.37. The topological polar surface area (TPSA) is 231 Å². The van der Waals surface area contributed by atoms with E-state index in [0.717, 1.165) is 0 Å². The molecule has 6 heterocycles. The Labute approximate surface area is 435 Å². The highest BCUT2D eigenvalue weighted by molar-refractivity contribution is 6.74. The van der Waals surface area contributed by atoms with Crippen molar-refractivity contribution < 1.29 is 38.1 Å². The van der Waals surface area contributed by atoms with Gasteiger partial charge in [-0.05, 0) is 60.5 Å². The van der Waals surface area contributed by atoms with Gasteiger partial charge in [0, 0.05) is 30.1 Å². The van der Waals surface area contributed by atoms with Gasteiger partial charge in [-0.2, -0.15) is 0 Å². The van der Waals surface area contributed by atoms with Crippen molar-refractivity contribution in [2.24, 2.45) is 11.7 Å². The summed E-state index contributed by atoms with van der Waals surface area (Å²) in [5.41, 5.74) is 9.50. The Kier molecular flexibility index (Phi) is 17.0. The van der Waals surface area contributed by atoms with E-state index >= 15 is 0 Å². The zero-order valence-electron chi connectivity index (χ0n) is 44.5. The van der Waals surface area contributed by atoms with Crippen LogP contribution in [0.5, 0.6) is 0 Å². The van der Waals surface area contributed by atoms with Gasteiger partial charge in [0.05, 0.1) is 44.1 Å². The van der Waals surface area contributed by atoms with Crippen LogP contribution in [0.1, 0.15) is 81.6 Å². The average Bonchev–Trinajstić information content (AvgIpc) is 4.15. The maximum absolute atomic E-state index is 13.4. The van der Waals surface area contributed by atoms with Crippen molar-refractivity contribution in [1.82, 2.24) is 39.0 Å². The minimum absolute atomic E-state index is 0.00388. The average molecular weight is 1050 g/mol. The Balaban J connectivity index is 0.000000216. The monoisotopic (exact) mass is 1050 g/mol. The number of aliphatic hydroxyl groups is 2.